The zero-order chi connectivity index (χ0) is 13.3. The molecule has 2 rings (SSSR count). The predicted molar refractivity (Wildman–Crippen MR) is 70.5 cm³/mol. The quantitative estimate of drug-likeness (QED) is 0.918. The van der Waals surface area contributed by atoms with Crippen molar-refractivity contribution in [3.63, 3.8) is 0 Å². The molecule has 98 valence electrons. The first-order valence-corrected chi connectivity index (χ1v) is 8.18. The van der Waals surface area contributed by atoms with Crippen LogP contribution in [0, 0.1) is 0 Å². The van der Waals surface area contributed by atoms with Gasteiger partial charge in [-0.1, -0.05) is 25.1 Å². The average Bonchev–Trinajstić information content (AvgIpc) is 2.50. The summed E-state index contributed by atoms with van der Waals surface area (Å²) >= 11 is 1.42. The van der Waals surface area contributed by atoms with Crippen LogP contribution in [0.2, 0.25) is 0 Å². The van der Waals surface area contributed by atoms with Crippen molar-refractivity contribution in [2.24, 2.45) is 0 Å². The fourth-order valence-corrected chi connectivity index (χ4v) is 5.79. The van der Waals surface area contributed by atoms with Crippen LogP contribution in [0.4, 0.5) is 0 Å². The molecule has 0 aliphatic carbocycles. The Morgan fingerprint density at radius 1 is 1.50 bits per heavy atom. The van der Waals surface area contributed by atoms with Crippen LogP contribution in [0.5, 0.6) is 0 Å². The number of carboxylic acids is 1. The van der Waals surface area contributed by atoms with Crippen molar-refractivity contribution in [1.29, 1.82) is 0 Å². The number of benzene rings is 1. The zero-order valence-electron chi connectivity index (χ0n) is 9.87. The second-order valence-electron chi connectivity index (χ2n) is 4.35. The number of fused-ring (bicyclic) bond motifs is 1. The van der Waals surface area contributed by atoms with Crippen LogP contribution < -0.4 is 0 Å². The summed E-state index contributed by atoms with van der Waals surface area (Å²) in [6.45, 7) is 1.81. The minimum atomic E-state index is -3.20. The van der Waals surface area contributed by atoms with Gasteiger partial charge in [-0.3, -0.25) is 4.79 Å². The Kier molecular flexibility index (Phi) is 3.68. The average molecular weight is 286 g/mol. The van der Waals surface area contributed by atoms with Gasteiger partial charge in [-0.05, 0) is 11.6 Å². The SMILES string of the molecule is CC(CC(=O)O)SC1CS(=O)(=O)c2ccccc21. The van der Waals surface area contributed by atoms with Gasteiger partial charge >= 0.3 is 5.97 Å². The number of hydrogen-bond donors (Lipinski definition) is 1. The second-order valence-corrected chi connectivity index (χ2v) is 8.00. The highest BCUT2D eigenvalue weighted by atomic mass is 32.2. The van der Waals surface area contributed by atoms with Gasteiger partial charge in [0, 0.05) is 10.5 Å². The van der Waals surface area contributed by atoms with Crippen LogP contribution in [0.25, 0.3) is 0 Å². The Hall–Kier alpha value is -1.01. The number of aliphatic carboxylic acids is 1. The smallest absolute Gasteiger partial charge is 0.304 e. The fourth-order valence-electron chi connectivity index (χ4n) is 2.10. The molecule has 1 heterocycles. The summed E-state index contributed by atoms with van der Waals surface area (Å²) in [6, 6.07) is 6.96. The summed E-state index contributed by atoms with van der Waals surface area (Å²) in [6.07, 6.45) is 0.0450. The number of hydrogen-bond acceptors (Lipinski definition) is 4. The minimum Gasteiger partial charge on any atom is -0.481 e. The van der Waals surface area contributed by atoms with E-state index < -0.39 is 15.8 Å². The summed E-state index contributed by atoms with van der Waals surface area (Å²) in [5.74, 6) is -0.787. The second kappa shape index (κ2) is 4.93. The van der Waals surface area contributed by atoms with Gasteiger partial charge in [0.05, 0.1) is 17.1 Å². The zero-order valence-corrected chi connectivity index (χ0v) is 11.5. The maximum atomic E-state index is 11.9. The molecule has 1 aliphatic heterocycles. The standard InChI is InChI=1S/C12H14O4S2/c1-8(6-12(13)14)17-10-7-18(15,16)11-5-3-2-4-9(10)11/h2-5,8,10H,6-7H2,1H3,(H,13,14). The van der Waals surface area contributed by atoms with E-state index in [1.165, 1.54) is 11.8 Å². The maximum absolute atomic E-state index is 11.9. The molecule has 1 aromatic carbocycles. The Labute approximate surface area is 110 Å². The summed E-state index contributed by atoms with van der Waals surface area (Å²) in [5, 5.41) is 8.47. The van der Waals surface area contributed by atoms with Gasteiger partial charge in [0.25, 0.3) is 0 Å². The third-order valence-electron chi connectivity index (χ3n) is 2.83. The number of carbonyl (C=O) groups is 1. The van der Waals surface area contributed by atoms with Gasteiger partial charge in [-0.15, -0.1) is 11.8 Å². The molecular formula is C12H14O4S2. The number of rotatable bonds is 4. The molecule has 0 amide bonds. The number of carboxylic acid groups (broad SMARTS) is 1. The molecule has 6 heteroatoms. The summed E-state index contributed by atoms with van der Waals surface area (Å²) in [4.78, 5) is 11.0. The third-order valence-corrected chi connectivity index (χ3v) is 6.24. The molecule has 1 aromatic rings. The first-order valence-electron chi connectivity index (χ1n) is 5.59. The molecule has 2 atom stereocenters. The summed E-state index contributed by atoms with van der Waals surface area (Å²) < 4.78 is 23.9. The van der Waals surface area contributed by atoms with E-state index in [2.05, 4.69) is 0 Å². The normalized spacial score (nSPS) is 22.4. The van der Waals surface area contributed by atoms with Gasteiger partial charge in [-0.2, -0.15) is 0 Å². The highest BCUT2D eigenvalue weighted by Gasteiger charge is 2.35. The van der Waals surface area contributed by atoms with Crippen molar-refractivity contribution in [1.82, 2.24) is 0 Å². The lowest BCUT2D eigenvalue weighted by Gasteiger charge is -2.14. The molecule has 0 radical (unpaired) electrons. The van der Waals surface area contributed by atoms with Crippen molar-refractivity contribution < 1.29 is 18.3 Å². The number of thioether (sulfide) groups is 1. The Morgan fingerprint density at radius 3 is 2.83 bits per heavy atom. The molecule has 18 heavy (non-hydrogen) atoms. The highest BCUT2D eigenvalue weighted by molar-refractivity contribution is 8.02. The van der Waals surface area contributed by atoms with Crippen LogP contribution in [-0.2, 0) is 14.6 Å². The summed E-state index contributed by atoms with van der Waals surface area (Å²) in [7, 11) is -3.20. The lowest BCUT2D eigenvalue weighted by molar-refractivity contribution is -0.136. The highest BCUT2D eigenvalue weighted by Crippen LogP contribution is 2.43. The molecule has 0 saturated carbocycles. The van der Waals surface area contributed by atoms with Gasteiger partial charge in [0.1, 0.15) is 0 Å². The van der Waals surface area contributed by atoms with E-state index in [-0.39, 0.29) is 22.7 Å². The molecule has 0 bridgehead atoms. The molecule has 0 saturated heterocycles. The Morgan fingerprint density at radius 2 is 2.17 bits per heavy atom. The van der Waals surface area contributed by atoms with Crippen molar-refractivity contribution in [2.45, 2.75) is 28.7 Å². The molecule has 2 unspecified atom stereocenters. The van der Waals surface area contributed by atoms with Gasteiger partial charge in [-0.25, -0.2) is 8.42 Å². The predicted octanol–water partition coefficient (Wildman–Crippen LogP) is 2.11. The fraction of sp³-hybridized carbons (Fsp3) is 0.417. The van der Waals surface area contributed by atoms with Crippen LogP contribution in [0.15, 0.2) is 29.2 Å². The lowest BCUT2D eigenvalue weighted by Crippen LogP contribution is -2.09. The minimum absolute atomic E-state index is 0.0450. The van der Waals surface area contributed by atoms with E-state index in [0.717, 1.165) is 5.56 Å². The molecule has 0 spiro atoms. The lowest BCUT2D eigenvalue weighted by atomic mass is 10.2. The van der Waals surface area contributed by atoms with Crippen molar-refractivity contribution in [3.05, 3.63) is 29.8 Å². The molecule has 1 N–H and O–H groups in total. The molecular weight excluding hydrogens is 272 g/mol. The molecule has 0 fully saturated rings. The Bertz CT molecular complexity index is 565. The van der Waals surface area contributed by atoms with E-state index >= 15 is 0 Å². The monoisotopic (exact) mass is 286 g/mol. The van der Waals surface area contributed by atoms with E-state index in [1.807, 2.05) is 19.1 Å². The first kappa shape index (κ1) is 13.4. The van der Waals surface area contributed by atoms with Gasteiger partial charge < -0.3 is 5.11 Å². The van der Waals surface area contributed by atoms with Crippen LogP contribution in [0.1, 0.15) is 24.2 Å². The molecule has 4 nitrogen and oxygen atoms in total. The van der Waals surface area contributed by atoms with Gasteiger partial charge in [0.2, 0.25) is 0 Å². The number of sulfone groups is 1. The molecule has 1 aliphatic rings. The van der Waals surface area contributed by atoms with Crippen molar-refractivity contribution in [3.8, 4) is 0 Å². The van der Waals surface area contributed by atoms with Gasteiger partial charge in [0.15, 0.2) is 9.84 Å². The van der Waals surface area contributed by atoms with E-state index in [4.69, 9.17) is 5.11 Å². The summed E-state index contributed by atoms with van der Waals surface area (Å²) in [5.41, 5.74) is 0.805. The topological polar surface area (TPSA) is 71.4 Å². The largest absolute Gasteiger partial charge is 0.481 e. The molecule has 0 aromatic heterocycles. The van der Waals surface area contributed by atoms with Crippen molar-refractivity contribution in [2.75, 3.05) is 5.75 Å². The van der Waals surface area contributed by atoms with Crippen LogP contribution >= 0.6 is 11.8 Å². The first-order chi connectivity index (χ1) is 8.40. The van der Waals surface area contributed by atoms with E-state index in [0.29, 0.717) is 4.90 Å². The third kappa shape index (κ3) is 2.70. The van der Waals surface area contributed by atoms with E-state index in [1.54, 1.807) is 12.1 Å². The van der Waals surface area contributed by atoms with Crippen molar-refractivity contribution >= 4 is 27.6 Å². The Balaban J connectivity index is 2.21. The van der Waals surface area contributed by atoms with E-state index in [9.17, 15) is 13.2 Å². The van der Waals surface area contributed by atoms with Crippen LogP contribution in [-0.4, -0.2) is 30.5 Å². The van der Waals surface area contributed by atoms with Crippen LogP contribution in [0.3, 0.4) is 0 Å². The maximum Gasteiger partial charge on any atom is 0.304 e.